The minimum Gasteiger partial charge on any atom is -0.357 e. The molecule has 0 radical (unpaired) electrons. The minimum absolute atomic E-state index is 1.02. The monoisotopic (exact) mass is 372 g/mol. The van der Waals surface area contributed by atoms with Crippen LogP contribution in [0.1, 0.15) is 18.5 Å². The molecule has 1 aliphatic heterocycles. The molecule has 0 N–H and O–H groups in total. The van der Waals surface area contributed by atoms with Crippen molar-refractivity contribution in [3.63, 3.8) is 0 Å². The van der Waals surface area contributed by atoms with E-state index in [9.17, 15) is 0 Å². The number of thiazole rings is 1. The second-order valence-electron chi connectivity index (χ2n) is 6.99. The topological polar surface area (TPSA) is 41.9 Å². The van der Waals surface area contributed by atoms with Crippen molar-refractivity contribution in [3.8, 4) is 21.7 Å². The Bertz CT molecular complexity index is 1080. The SMILES string of the molecule is Cc1ccc(-c2ccc3sc(-c4ccc(N5CCCC5)nc4)nc3c2)cn1. The molecule has 27 heavy (non-hydrogen) atoms. The van der Waals surface area contributed by atoms with E-state index in [0.29, 0.717) is 0 Å². The number of fused-ring (bicyclic) bond motifs is 1. The summed E-state index contributed by atoms with van der Waals surface area (Å²) >= 11 is 1.71. The van der Waals surface area contributed by atoms with E-state index >= 15 is 0 Å². The summed E-state index contributed by atoms with van der Waals surface area (Å²) in [7, 11) is 0. The predicted molar refractivity (Wildman–Crippen MR) is 112 cm³/mol. The molecule has 134 valence electrons. The van der Waals surface area contributed by atoms with E-state index in [0.717, 1.165) is 51.8 Å². The molecule has 4 aromatic rings. The van der Waals surface area contributed by atoms with Crippen LogP contribution in [0.15, 0.2) is 54.9 Å². The maximum atomic E-state index is 4.86. The molecule has 0 spiro atoms. The molecular weight excluding hydrogens is 352 g/mol. The Kier molecular flexibility index (Phi) is 4.09. The molecule has 0 bridgehead atoms. The molecule has 0 saturated carbocycles. The van der Waals surface area contributed by atoms with Crippen molar-refractivity contribution >= 4 is 27.4 Å². The van der Waals surface area contributed by atoms with Gasteiger partial charge in [-0.2, -0.15) is 0 Å². The lowest BCUT2D eigenvalue weighted by Crippen LogP contribution is -2.18. The highest BCUT2D eigenvalue weighted by Crippen LogP contribution is 2.33. The van der Waals surface area contributed by atoms with Gasteiger partial charge in [0, 0.05) is 42.3 Å². The summed E-state index contributed by atoms with van der Waals surface area (Å²) in [6.07, 6.45) is 6.40. The highest BCUT2D eigenvalue weighted by molar-refractivity contribution is 7.21. The summed E-state index contributed by atoms with van der Waals surface area (Å²) in [6.45, 7) is 4.23. The molecule has 4 heterocycles. The zero-order valence-electron chi connectivity index (χ0n) is 15.2. The number of aromatic nitrogens is 3. The average molecular weight is 372 g/mol. The van der Waals surface area contributed by atoms with Gasteiger partial charge in [-0.25, -0.2) is 9.97 Å². The van der Waals surface area contributed by atoms with E-state index in [-0.39, 0.29) is 0 Å². The number of aryl methyl sites for hydroxylation is 1. The van der Waals surface area contributed by atoms with Crippen LogP contribution in [0.2, 0.25) is 0 Å². The van der Waals surface area contributed by atoms with Crippen molar-refractivity contribution in [2.75, 3.05) is 18.0 Å². The molecule has 0 aliphatic carbocycles. The highest BCUT2D eigenvalue weighted by atomic mass is 32.1. The van der Waals surface area contributed by atoms with E-state index in [1.54, 1.807) is 11.3 Å². The Morgan fingerprint density at radius 1 is 0.852 bits per heavy atom. The summed E-state index contributed by atoms with van der Waals surface area (Å²) in [5.41, 5.74) is 5.40. The lowest BCUT2D eigenvalue weighted by molar-refractivity contribution is 0.938. The minimum atomic E-state index is 1.02. The van der Waals surface area contributed by atoms with Crippen LogP contribution in [-0.4, -0.2) is 28.0 Å². The molecule has 5 rings (SSSR count). The van der Waals surface area contributed by atoms with Crippen LogP contribution in [0, 0.1) is 6.92 Å². The summed E-state index contributed by atoms with van der Waals surface area (Å²) < 4.78 is 1.19. The van der Waals surface area contributed by atoms with Gasteiger partial charge in [-0.05, 0) is 55.7 Å². The van der Waals surface area contributed by atoms with Crippen molar-refractivity contribution in [1.82, 2.24) is 15.0 Å². The van der Waals surface area contributed by atoms with Gasteiger partial charge in [-0.1, -0.05) is 12.1 Å². The molecule has 1 fully saturated rings. The lowest BCUT2D eigenvalue weighted by Gasteiger charge is -2.15. The first-order valence-electron chi connectivity index (χ1n) is 9.31. The van der Waals surface area contributed by atoms with Crippen molar-refractivity contribution < 1.29 is 0 Å². The number of benzene rings is 1. The number of rotatable bonds is 3. The molecule has 5 heteroatoms. The number of hydrogen-bond donors (Lipinski definition) is 0. The molecule has 1 saturated heterocycles. The smallest absolute Gasteiger partial charge is 0.128 e. The number of nitrogens with zero attached hydrogens (tertiary/aromatic N) is 4. The van der Waals surface area contributed by atoms with E-state index < -0.39 is 0 Å². The van der Waals surface area contributed by atoms with E-state index in [1.807, 2.05) is 25.4 Å². The molecule has 1 aliphatic rings. The Balaban J connectivity index is 1.46. The number of pyridine rings is 2. The van der Waals surface area contributed by atoms with Gasteiger partial charge in [0.25, 0.3) is 0 Å². The lowest BCUT2D eigenvalue weighted by atomic mass is 10.1. The van der Waals surface area contributed by atoms with Crippen molar-refractivity contribution in [2.45, 2.75) is 19.8 Å². The van der Waals surface area contributed by atoms with Gasteiger partial charge in [-0.15, -0.1) is 11.3 Å². The maximum absolute atomic E-state index is 4.86. The van der Waals surface area contributed by atoms with Gasteiger partial charge in [0.15, 0.2) is 0 Å². The third-order valence-electron chi connectivity index (χ3n) is 5.06. The summed E-state index contributed by atoms with van der Waals surface area (Å²) in [6, 6.07) is 14.9. The average Bonchev–Trinajstić information content (AvgIpc) is 3.38. The molecule has 0 atom stereocenters. The molecule has 4 nitrogen and oxygen atoms in total. The predicted octanol–water partition coefficient (Wildman–Crippen LogP) is 5.33. The zero-order chi connectivity index (χ0) is 18.2. The fourth-order valence-corrected chi connectivity index (χ4v) is 4.45. The van der Waals surface area contributed by atoms with Gasteiger partial charge in [0.1, 0.15) is 10.8 Å². The summed E-state index contributed by atoms with van der Waals surface area (Å²) in [5, 5.41) is 1.02. The normalized spacial score (nSPS) is 14.2. The quantitative estimate of drug-likeness (QED) is 0.487. The van der Waals surface area contributed by atoms with Gasteiger partial charge >= 0.3 is 0 Å². The highest BCUT2D eigenvalue weighted by Gasteiger charge is 2.14. The van der Waals surface area contributed by atoms with Gasteiger partial charge < -0.3 is 4.90 Å². The van der Waals surface area contributed by atoms with E-state index in [1.165, 1.54) is 17.5 Å². The Morgan fingerprint density at radius 2 is 1.63 bits per heavy atom. The van der Waals surface area contributed by atoms with Gasteiger partial charge in [0.05, 0.1) is 10.2 Å². The summed E-state index contributed by atoms with van der Waals surface area (Å²) in [5.74, 6) is 1.08. The van der Waals surface area contributed by atoms with Gasteiger partial charge in [-0.3, -0.25) is 4.98 Å². The third-order valence-corrected chi connectivity index (χ3v) is 6.14. The second kappa shape index (κ2) is 6.74. The fourth-order valence-electron chi connectivity index (χ4n) is 3.51. The first-order chi connectivity index (χ1) is 13.3. The summed E-state index contributed by atoms with van der Waals surface area (Å²) in [4.78, 5) is 16.3. The van der Waals surface area contributed by atoms with Crippen LogP contribution in [0.5, 0.6) is 0 Å². The molecular formula is C22H20N4S. The van der Waals surface area contributed by atoms with Crippen LogP contribution < -0.4 is 4.90 Å². The van der Waals surface area contributed by atoms with Gasteiger partial charge in [0.2, 0.25) is 0 Å². The largest absolute Gasteiger partial charge is 0.357 e. The molecule has 0 amide bonds. The van der Waals surface area contributed by atoms with Crippen LogP contribution >= 0.6 is 11.3 Å². The van der Waals surface area contributed by atoms with Crippen molar-refractivity contribution in [2.24, 2.45) is 0 Å². The maximum Gasteiger partial charge on any atom is 0.128 e. The van der Waals surface area contributed by atoms with Crippen molar-refractivity contribution in [3.05, 3.63) is 60.6 Å². The Labute approximate surface area is 162 Å². The second-order valence-corrected chi connectivity index (χ2v) is 8.02. The van der Waals surface area contributed by atoms with E-state index in [4.69, 9.17) is 4.98 Å². The first-order valence-corrected chi connectivity index (χ1v) is 10.1. The van der Waals surface area contributed by atoms with Crippen LogP contribution in [0.4, 0.5) is 5.82 Å². The number of anilines is 1. The van der Waals surface area contributed by atoms with Crippen LogP contribution in [-0.2, 0) is 0 Å². The fraction of sp³-hybridized carbons (Fsp3) is 0.227. The van der Waals surface area contributed by atoms with Crippen molar-refractivity contribution in [1.29, 1.82) is 0 Å². The molecule has 3 aromatic heterocycles. The van der Waals surface area contributed by atoms with Crippen LogP contribution in [0.25, 0.3) is 31.9 Å². The molecule has 1 aromatic carbocycles. The molecule has 0 unspecified atom stereocenters. The standard InChI is InChI=1S/C22H20N4S/c1-15-4-5-17(13-23-15)16-6-8-20-19(12-16)25-22(27-20)18-7-9-21(24-14-18)26-10-2-3-11-26/h4-9,12-14H,2-3,10-11H2,1H3. The third kappa shape index (κ3) is 3.19. The first kappa shape index (κ1) is 16.4. The van der Waals surface area contributed by atoms with E-state index in [2.05, 4.69) is 51.3 Å². The Hall–Kier alpha value is -2.79. The zero-order valence-corrected chi connectivity index (χ0v) is 16.0. The number of hydrogen-bond acceptors (Lipinski definition) is 5. The Morgan fingerprint density at radius 3 is 2.37 bits per heavy atom. The van der Waals surface area contributed by atoms with Crippen LogP contribution in [0.3, 0.4) is 0 Å².